The second kappa shape index (κ2) is 9.86. The Morgan fingerprint density at radius 2 is 2.00 bits per heavy atom. The number of rotatable bonds is 7. The highest BCUT2D eigenvalue weighted by Crippen LogP contribution is 2.33. The molecule has 0 radical (unpaired) electrons. The number of hydrogen-bond donors (Lipinski definition) is 1. The molecule has 2 aromatic carbocycles. The molecule has 170 valence electrons. The summed E-state index contributed by atoms with van der Waals surface area (Å²) in [7, 11) is 1.56. The number of thioether (sulfide) groups is 1. The van der Waals surface area contributed by atoms with Crippen LogP contribution in [0.2, 0.25) is 0 Å². The lowest BCUT2D eigenvalue weighted by molar-refractivity contribution is -0.128. The molecule has 0 bridgehead atoms. The molecule has 3 aromatic rings. The molecule has 1 saturated heterocycles. The molecular weight excluding hydrogens is 452 g/mol. The summed E-state index contributed by atoms with van der Waals surface area (Å²) in [4.78, 5) is 31.6. The number of anilines is 1. The molecule has 10 heteroatoms. The van der Waals surface area contributed by atoms with Gasteiger partial charge in [-0.1, -0.05) is 11.8 Å². The van der Waals surface area contributed by atoms with E-state index in [4.69, 9.17) is 9.15 Å². The fourth-order valence-electron chi connectivity index (χ4n) is 3.16. The van der Waals surface area contributed by atoms with Crippen molar-refractivity contribution in [2.24, 2.45) is 4.99 Å². The number of nitrogens with one attached hydrogen (secondary N) is 1. The lowest BCUT2D eigenvalue weighted by atomic mass is 10.2. The van der Waals surface area contributed by atoms with Crippen LogP contribution in [0.3, 0.4) is 0 Å². The number of ether oxygens (including phenoxy) is 1. The van der Waals surface area contributed by atoms with Gasteiger partial charge in [0.1, 0.15) is 28.4 Å². The van der Waals surface area contributed by atoms with E-state index in [1.165, 1.54) is 11.2 Å². The van der Waals surface area contributed by atoms with Crippen molar-refractivity contribution in [1.82, 2.24) is 4.90 Å². The zero-order chi connectivity index (χ0) is 23.4. The third-order valence-corrected chi connectivity index (χ3v) is 5.96. The van der Waals surface area contributed by atoms with Crippen LogP contribution in [0.25, 0.3) is 0 Å². The standard InChI is InChI=1S/C23H19F2N3O4S/c1-31-16-7-5-15(6-8-16)26-23-28(13-17-3-2-10-32-17)22(30)20(33-23)12-21(29)27-19-9-4-14(24)11-18(19)25/h2-11,20H,12-13H2,1H3,(H,27,29). The number of amides is 2. The quantitative estimate of drug-likeness (QED) is 0.539. The van der Waals surface area contributed by atoms with Crippen molar-refractivity contribution in [3.05, 3.63) is 78.3 Å². The minimum absolute atomic E-state index is 0.151. The smallest absolute Gasteiger partial charge is 0.243 e. The fraction of sp³-hybridized carbons (Fsp3) is 0.174. The van der Waals surface area contributed by atoms with Gasteiger partial charge in [-0.3, -0.25) is 14.5 Å². The number of hydrogen-bond acceptors (Lipinski definition) is 6. The van der Waals surface area contributed by atoms with Gasteiger partial charge >= 0.3 is 0 Å². The van der Waals surface area contributed by atoms with Gasteiger partial charge in [0.05, 0.1) is 31.3 Å². The summed E-state index contributed by atoms with van der Waals surface area (Å²) in [6, 6.07) is 13.3. The third-order valence-electron chi connectivity index (χ3n) is 4.79. The molecule has 0 saturated carbocycles. The highest BCUT2D eigenvalue weighted by Gasteiger charge is 2.39. The van der Waals surface area contributed by atoms with Crippen molar-refractivity contribution < 1.29 is 27.5 Å². The molecule has 33 heavy (non-hydrogen) atoms. The summed E-state index contributed by atoms with van der Waals surface area (Å²) in [6.07, 6.45) is 1.29. The van der Waals surface area contributed by atoms with Gasteiger partial charge in [0, 0.05) is 12.5 Å². The van der Waals surface area contributed by atoms with Gasteiger partial charge in [-0.15, -0.1) is 0 Å². The van der Waals surface area contributed by atoms with Crippen molar-refractivity contribution in [2.75, 3.05) is 12.4 Å². The summed E-state index contributed by atoms with van der Waals surface area (Å²) >= 11 is 1.14. The number of carbonyl (C=O) groups is 2. The molecule has 7 nitrogen and oxygen atoms in total. The average molecular weight is 471 g/mol. The topological polar surface area (TPSA) is 84.1 Å². The largest absolute Gasteiger partial charge is 0.497 e. The highest BCUT2D eigenvalue weighted by molar-refractivity contribution is 8.15. The minimum atomic E-state index is -0.894. The van der Waals surface area contributed by atoms with E-state index < -0.39 is 22.8 Å². The SMILES string of the molecule is COc1ccc(N=C2SC(CC(=O)Nc3ccc(F)cc3F)C(=O)N2Cc2ccco2)cc1. The molecule has 1 unspecified atom stereocenters. The highest BCUT2D eigenvalue weighted by atomic mass is 32.2. The van der Waals surface area contributed by atoms with E-state index >= 15 is 0 Å². The van der Waals surface area contributed by atoms with E-state index in [0.717, 1.165) is 23.9 Å². The Morgan fingerprint density at radius 1 is 1.21 bits per heavy atom. The van der Waals surface area contributed by atoms with Gasteiger partial charge in [0.15, 0.2) is 5.17 Å². The Hall–Kier alpha value is -3.66. The van der Waals surface area contributed by atoms with E-state index in [-0.39, 0.29) is 24.6 Å². The molecule has 4 rings (SSSR count). The summed E-state index contributed by atoms with van der Waals surface area (Å²) in [5.41, 5.74) is 0.449. The van der Waals surface area contributed by atoms with Crippen LogP contribution in [-0.4, -0.2) is 34.2 Å². The maximum Gasteiger partial charge on any atom is 0.243 e. The normalized spacial score (nSPS) is 16.9. The molecule has 0 spiro atoms. The van der Waals surface area contributed by atoms with Gasteiger partial charge in [-0.2, -0.15) is 0 Å². The van der Waals surface area contributed by atoms with Crippen molar-refractivity contribution >= 4 is 40.1 Å². The molecule has 1 aliphatic heterocycles. The van der Waals surface area contributed by atoms with Gasteiger partial charge in [-0.25, -0.2) is 13.8 Å². The molecule has 2 amide bonds. The molecule has 1 fully saturated rings. The predicted molar refractivity (Wildman–Crippen MR) is 120 cm³/mol. The number of furan rings is 1. The van der Waals surface area contributed by atoms with E-state index in [1.54, 1.807) is 43.5 Å². The van der Waals surface area contributed by atoms with Crippen LogP contribution in [0, 0.1) is 11.6 Å². The molecule has 1 aliphatic rings. The average Bonchev–Trinajstić information content (AvgIpc) is 3.41. The number of halogens is 2. The number of carbonyl (C=O) groups excluding carboxylic acids is 2. The fourth-order valence-corrected chi connectivity index (χ4v) is 4.31. The third kappa shape index (κ3) is 5.40. The first-order valence-electron chi connectivity index (χ1n) is 9.91. The second-order valence-electron chi connectivity index (χ2n) is 7.08. The lowest BCUT2D eigenvalue weighted by Gasteiger charge is -2.15. The van der Waals surface area contributed by atoms with Crippen LogP contribution >= 0.6 is 11.8 Å². The Morgan fingerprint density at radius 3 is 2.67 bits per heavy atom. The summed E-state index contributed by atoms with van der Waals surface area (Å²) in [5.74, 6) is -1.31. The molecule has 1 atom stereocenters. The number of amidine groups is 1. The van der Waals surface area contributed by atoms with Crippen LogP contribution in [0.5, 0.6) is 5.75 Å². The minimum Gasteiger partial charge on any atom is -0.497 e. The number of methoxy groups -OCH3 is 1. The van der Waals surface area contributed by atoms with Crippen molar-refractivity contribution in [3.8, 4) is 5.75 Å². The molecule has 0 aliphatic carbocycles. The van der Waals surface area contributed by atoms with Crippen molar-refractivity contribution in [3.63, 3.8) is 0 Å². The summed E-state index contributed by atoms with van der Waals surface area (Å²) < 4.78 is 37.5. The Labute approximate surface area is 192 Å². The van der Waals surface area contributed by atoms with Crippen LogP contribution in [0.4, 0.5) is 20.2 Å². The predicted octanol–water partition coefficient (Wildman–Crippen LogP) is 4.73. The first kappa shape index (κ1) is 22.5. The van der Waals surface area contributed by atoms with Crippen molar-refractivity contribution in [1.29, 1.82) is 0 Å². The zero-order valence-electron chi connectivity index (χ0n) is 17.5. The number of benzene rings is 2. The maximum absolute atomic E-state index is 13.9. The Kier molecular flexibility index (Phi) is 6.74. The summed E-state index contributed by atoms with van der Waals surface area (Å²) in [5, 5.41) is 2.03. The molecular formula is C23H19F2N3O4S. The number of aliphatic imine (C=N–C) groups is 1. The van der Waals surface area contributed by atoms with Crippen LogP contribution < -0.4 is 10.1 Å². The van der Waals surface area contributed by atoms with Gasteiger partial charge in [-0.05, 0) is 48.5 Å². The molecule has 1 aromatic heterocycles. The lowest BCUT2D eigenvalue weighted by Crippen LogP contribution is -2.33. The first-order chi connectivity index (χ1) is 15.9. The van der Waals surface area contributed by atoms with E-state index in [1.807, 2.05) is 0 Å². The van der Waals surface area contributed by atoms with Crippen LogP contribution in [0.15, 0.2) is 70.3 Å². The Bertz CT molecular complexity index is 1180. The molecule has 1 N–H and O–H groups in total. The first-order valence-corrected chi connectivity index (χ1v) is 10.8. The van der Waals surface area contributed by atoms with Gasteiger partial charge in [0.25, 0.3) is 0 Å². The molecule has 2 heterocycles. The van der Waals surface area contributed by atoms with Crippen LogP contribution in [0.1, 0.15) is 12.2 Å². The van der Waals surface area contributed by atoms with E-state index in [0.29, 0.717) is 28.4 Å². The maximum atomic E-state index is 13.9. The van der Waals surface area contributed by atoms with Crippen LogP contribution in [-0.2, 0) is 16.1 Å². The van der Waals surface area contributed by atoms with Gasteiger partial charge < -0.3 is 14.5 Å². The monoisotopic (exact) mass is 471 g/mol. The van der Waals surface area contributed by atoms with E-state index in [2.05, 4.69) is 10.3 Å². The zero-order valence-corrected chi connectivity index (χ0v) is 18.3. The van der Waals surface area contributed by atoms with E-state index in [9.17, 15) is 18.4 Å². The second-order valence-corrected chi connectivity index (χ2v) is 8.25. The summed E-state index contributed by atoms with van der Waals surface area (Å²) in [6.45, 7) is 0.151. The Balaban J connectivity index is 1.52. The number of nitrogens with zero attached hydrogens (tertiary/aromatic N) is 2. The van der Waals surface area contributed by atoms with Crippen molar-refractivity contribution in [2.45, 2.75) is 18.2 Å². The van der Waals surface area contributed by atoms with Gasteiger partial charge in [0.2, 0.25) is 11.8 Å².